The molecule has 2 amide bonds. The van der Waals surface area contributed by atoms with Gasteiger partial charge in [-0.25, -0.2) is 4.79 Å². The van der Waals surface area contributed by atoms with Gasteiger partial charge >= 0.3 is 5.97 Å². The van der Waals surface area contributed by atoms with Crippen LogP contribution < -0.4 is 5.43 Å². The van der Waals surface area contributed by atoms with Crippen molar-refractivity contribution < 1.29 is 19.1 Å². The number of piperidine rings is 1. The third-order valence-electron chi connectivity index (χ3n) is 6.33. The van der Waals surface area contributed by atoms with Crippen molar-refractivity contribution in [2.24, 2.45) is 5.92 Å². The molecule has 8 heteroatoms. The van der Waals surface area contributed by atoms with E-state index in [4.69, 9.17) is 4.74 Å². The SMILES string of the molecule is CCOC(=O)[C@H]1CCCCN1C(=O)c1cn(CC(C)C)cc(C(=O)N2CCCCCC2)c1=O. The summed E-state index contributed by atoms with van der Waals surface area (Å²) >= 11 is 0. The van der Waals surface area contributed by atoms with E-state index in [0.29, 0.717) is 32.6 Å². The van der Waals surface area contributed by atoms with Crippen LogP contribution in [0.3, 0.4) is 0 Å². The van der Waals surface area contributed by atoms with Crippen molar-refractivity contribution >= 4 is 17.8 Å². The first-order chi connectivity index (χ1) is 15.8. The molecule has 0 radical (unpaired) electrons. The average molecular weight is 460 g/mol. The van der Waals surface area contributed by atoms with E-state index in [2.05, 4.69) is 0 Å². The number of hydrogen-bond donors (Lipinski definition) is 0. The molecule has 0 N–H and O–H groups in total. The van der Waals surface area contributed by atoms with Gasteiger partial charge in [-0.1, -0.05) is 26.7 Å². The topological polar surface area (TPSA) is 88.9 Å². The van der Waals surface area contributed by atoms with E-state index < -0.39 is 23.3 Å². The molecule has 2 fully saturated rings. The summed E-state index contributed by atoms with van der Waals surface area (Å²) in [6.45, 7) is 8.25. The maximum atomic E-state index is 13.6. The highest BCUT2D eigenvalue weighted by atomic mass is 16.5. The predicted octanol–water partition coefficient (Wildman–Crippen LogP) is 3.08. The Hall–Kier alpha value is -2.64. The fourth-order valence-corrected chi connectivity index (χ4v) is 4.72. The fourth-order valence-electron chi connectivity index (χ4n) is 4.72. The minimum Gasteiger partial charge on any atom is -0.464 e. The van der Waals surface area contributed by atoms with Crippen molar-refractivity contribution in [2.75, 3.05) is 26.2 Å². The molecule has 1 atom stereocenters. The normalized spacial score (nSPS) is 19.3. The van der Waals surface area contributed by atoms with Crippen LogP contribution in [0, 0.1) is 5.92 Å². The first-order valence-corrected chi connectivity index (χ1v) is 12.3. The van der Waals surface area contributed by atoms with E-state index in [9.17, 15) is 19.2 Å². The molecule has 2 aliphatic heterocycles. The minimum absolute atomic E-state index is 0.0353. The minimum atomic E-state index is -0.700. The maximum absolute atomic E-state index is 13.6. The Kier molecular flexibility index (Phi) is 8.69. The number of ether oxygens (including phenoxy) is 1. The predicted molar refractivity (Wildman–Crippen MR) is 125 cm³/mol. The van der Waals surface area contributed by atoms with Gasteiger partial charge < -0.3 is 19.1 Å². The van der Waals surface area contributed by atoms with Gasteiger partial charge in [0.05, 0.1) is 6.61 Å². The van der Waals surface area contributed by atoms with Gasteiger partial charge in [0.1, 0.15) is 17.2 Å². The zero-order chi connectivity index (χ0) is 24.0. The molecule has 2 aliphatic rings. The van der Waals surface area contributed by atoms with E-state index in [1.165, 1.54) is 4.90 Å². The largest absolute Gasteiger partial charge is 0.464 e. The van der Waals surface area contributed by atoms with Crippen LogP contribution in [0.5, 0.6) is 0 Å². The molecule has 0 aliphatic carbocycles. The van der Waals surface area contributed by atoms with Crippen LogP contribution >= 0.6 is 0 Å². The number of carbonyl (C=O) groups excluding carboxylic acids is 3. The quantitative estimate of drug-likeness (QED) is 0.610. The lowest BCUT2D eigenvalue weighted by molar-refractivity contribution is -0.149. The molecule has 0 aromatic carbocycles. The average Bonchev–Trinajstić information content (AvgIpc) is 3.08. The van der Waals surface area contributed by atoms with Gasteiger partial charge in [0.25, 0.3) is 11.8 Å². The highest BCUT2D eigenvalue weighted by molar-refractivity contribution is 6.00. The van der Waals surface area contributed by atoms with Crippen molar-refractivity contribution in [1.82, 2.24) is 14.4 Å². The fraction of sp³-hybridized carbons (Fsp3) is 0.680. The molecule has 33 heavy (non-hydrogen) atoms. The monoisotopic (exact) mass is 459 g/mol. The molecule has 0 bridgehead atoms. The maximum Gasteiger partial charge on any atom is 0.328 e. The number of likely N-dealkylation sites (tertiary alicyclic amines) is 2. The summed E-state index contributed by atoms with van der Waals surface area (Å²) in [6, 6.07) is -0.700. The lowest BCUT2D eigenvalue weighted by Gasteiger charge is -2.34. The Balaban J connectivity index is 1.99. The lowest BCUT2D eigenvalue weighted by Crippen LogP contribution is -2.50. The lowest BCUT2D eigenvalue weighted by atomic mass is 10.0. The van der Waals surface area contributed by atoms with Crippen LogP contribution in [0.4, 0.5) is 0 Å². The molecule has 1 aromatic heterocycles. The number of nitrogens with zero attached hydrogens (tertiary/aromatic N) is 3. The van der Waals surface area contributed by atoms with Crippen molar-refractivity contribution in [3.05, 3.63) is 33.7 Å². The molecule has 3 heterocycles. The molecule has 0 spiro atoms. The van der Waals surface area contributed by atoms with Gasteiger partial charge in [0.15, 0.2) is 0 Å². The summed E-state index contributed by atoms with van der Waals surface area (Å²) in [5, 5.41) is 0. The van der Waals surface area contributed by atoms with Gasteiger partial charge in [0, 0.05) is 38.6 Å². The van der Waals surface area contributed by atoms with Crippen LogP contribution in [-0.2, 0) is 16.1 Å². The van der Waals surface area contributed by atoms with Crippen LogP contribution in [0.1, 0.15) is 86.4 Å². The number of hydrogen-bond acceptors (Lipinski definition) is 5. The Morgan fingerprint density at radius 2 is 1.55 bits per heavy atom. The number of rotatable bonds is 6. The standard InChI is InChI=1S/C25H37N3O5/c1-4-33-25(32)21-11-7-10-14-28(21)24(31)20-17-26(15-18(2)3)16-19(22(20)29)23(30)27-12-8-5-6-9-13-27/h16-18,21H,4-15H2,1-3H3/t21-/m1/s1. The third-order valence-corrected chi connectivity index (χ3v) is 6.33. The molecule has 3 rings (SSSR count). The second-order valence-corrected chi connectivity index (χ2v) is 9.47. The van der Waals surface area contributed by atoms with Crippen molar-refractivity contribution in [2.45, 2.75) is 78.3 Å². The molecular formula is C25H37N3O5. The van der Waals surface area contributed by atoms with Crippen LogP contribution in [0.25, 0.3) is 0 Å². The van der Waals surface area contributed by atoms with Gasteiger partial charge in [0.2, 0.25) is 5.43 Å². The van der Waals surface area contributed by atoms with E-state index in [0.717, 1.165) is 38.5 Å². The van der Waals surface area contributed by atoms with Crippen LogP contribution in [0.2, 0.25) is 0 Å². The van der Waals surface area contributed by atoms with Crippen molar-refractivity contribution in [1.29, 1.82) is 0 Å². The summed E-state index contributed by atoms with van der Waals surface area (Å²) in [6.07, 6.45) is 9.20. The number of aromatic nitrogens is 1. The second kappa shape index (κ2) is 11.5. The van der Waals surface area contributed by atoms with Crippen LogP contribution in [0.15, 0.2) is 17.2 Å². The molecule has 0 unspecified atom stereocenters. The molecule has 182 valence electrons. The summed E-state index contributed by atoms with van der Waals surface area (Å²) in [5.41, 5.74) is -0.567. The van der Waals surface area contributed by atoms with Crippen molar-refractivity contribution in [3.63, 3.8) is 0 Å². The molecular weight excluding hydrogens is 422 g/mol. The van der Waals surface area contributed by atoms with Gasteiger partial charge in [-0.15, -0.1) is 0 Å². The molecule has 8 nitrogen and oxygen atoms in total. The van der Waals surface area contributed by atoms with Gasteiger partial charge in [-0.3, -0.25) is 14.4 Å². The first kappa shape index (κ1) is 25.0. The summed E-state index contributed by atoms with van der Waals surface area (Å²) in [5.74, 6) is -0.987. The summed E-state index contributed by atoms with van der Waals surface area (Å²) in [4.78, 5) is 56.0. The van der Waals surface area contributed by atoms with E-state index in [1.54, 1.807) is 28.8 Å². The Morgan fingerprint density at radius 3 is 2.15 bits per heavy atom. The number of carbonyl (C=O) groups is 3. The summed E-state index contributed by atoms with van der Waals surface area (Å²) in [7, 11) is 0. The highest BCUT2D eigenvalue weighted by Crippen LogP contribution is 2.21. The Labute approximate surface area is 195 Å². The Morgan fingerprint density at radius 1 is 0.939 bits per heavy atom. The molecule has 0 saturated carbocycles. The van der Waals surface area contributed by atoms with E-state index >= 15 is 0 Å². The van der Waals surface area contributed by atoms with Gasteiger partial charge in [-0.2, -0.15) is 0 Å². The Bertz CT molecular complexity index is 915. The van der Waals surface area contributed by atoms with Gasteiger partial charge in [-0.05, 0) is 44.9 Å². The molecule has 2 saturated heterocycles. The summed E-state index contributed by atoms with van der Waals surface area (Å²) < 4.78 is 6.95. The highest BCUT2D eigenvalue weighted by Gasteiger charge is 2.35. The molecule has 1 aromatic rings. The number of pyridine rings is 1. The van der Waals surface area contributed by atoms with Crippen molar-refractivity contribution in [3.8, 4) is 0 Å². The first-order valence-electron chi connectivity index (χ1n) is 12.3. The van der Waals surface area contributed by atoms with E-state index in [1.807, 2.05) is 13.8 Å². The zero-order valence-electron chi connectivity index (χ0n) is 20.2. The smallest absolute Gasteiger partial charge is 0.328 e. The van der Waals surface area contributed by atoms with Crippen LogP contribution in [-0.4, -0.2) is 64.4 Å². The zero-order valence-corrected chi connectivity index (χ0v) is 20.2. The van der Waals surface area contributed by atoms with E-state index in [-0.39, 0.29) is 29.6 Å². The second-order valence-electron chi connectivity index (χ2n) is 9.47. The number of esters is 1. The third kappa shape index (κ3) is 6.03. The number of amides is 2.